The molecule has 2 heterocycles. The van der Waals surface area contributed by atoms with E-state index >= 15 is 0 Å². The van der Waals surface area contributed by atoms with E-state index in [2.05, 4.69) is 57.2 Å². The molecule has 2 N–H and O–H groups in total. The minimum atomic E-state index is -1.01. The number of carbonyl (C=O) groups is 1. The van der Waals surface area contributed by atoms with Crippen LogP contribution in [0.3, 0.4) is 0 Å². The Labute approximate surface area is 280 Å². The predicted molar refractivity (Wildman–Crippen MR) is 177 cm³/mol. The number of fused-ring (bicyclic) bond motifs is 5. The number of hydrogen-bond donors (Lipinski definition) is 2. The summed E-state index contributed by atoms with van der Waals surface area (Å²) in [5, 5.41) is 23.3. The molecule has 2 unspecified atom stereocenters. The number of ether oxygens (including phenoxy) is 4. The van der Waals surface area contributed by atoms with Crippen molar-refractivity contribution in [3.8, 4) is 0 Å². The molecule has 0 aromatic heterocycles. The average Bonchev–Trinajstić information content (AvgIpc) is 3.49. The number of aliphatic hydroxyl groups excluding tert-OH is 1. The first-order valence-electron chi connectivity index (χ1n) is 18.3. The number of rotatable bonds is 6. The van der Waals surface area contributed by atoms with E-state index < -0.39 is 17.5 Å². The molecule has 0 radical (unpaired) electrons. The summed E-state index contributed by atoms with van der Waals surface area (Å²) in [4.78, 5) is 13.6. The van der Waals surface area contributed by atoms with Gasteiger partial charge in [-0.25, -0.2) is 0 Å². The van der Waals surface area contributed by atoms with Crippen LogP contribution in [0.1, 0.15) is 104 Å². The number of benzene rings is 1. The lowest BCUT2D eigenvalue weighted by Crippen LogP contribution is -2.65. The highest BCUT2D eigenvalue weighted by Gasteiger charge is 2.86. The van der Waals surface area contributed by atoms with Gasteiger partial charge < -0.3 is 29.2 Å². The van der Waals surface area contributed by atoms with Crippen LogP contribution in [0.15, 0.2) is 42.0 Å². The highest BCUT2D eigenvalue weighted by atomic mass is 16.7. The summed E-state index contributed by atoms with van der Waals surface area (Å²) in [6.07, 6.45) is 11.0. The minimum Gasteiger partial charge on any atom is -0.469 e. The average molecular weight is 649 g/mol. The van der Waals surface area contributed by atoms with Crippen molar-refractivity contribution >= 4 is 5.97 Å². The van der Waals surface area contributed by atoms with Gasteiger partial charge in [-0.05, 0) is 97.9 Å². The smallest absolute Gasteiger partial charge is 0.309 e. The number of carbonyl (C=O) groups excluding carboxylic acids is 1. The molecule has 6 fully saturated rings. The molecule has 0 spiro atoms. The summed E-state index contributed by atoms with van der Waals surface area (Å²) in [7, 11) is 3.11. The lowest BCUT2D eigenvalue weighted by atomic mass is 9.37. The maximum absolute atomic E-state index is 13.6. The van der Waals surface area contributed by atoms with Gasteiger partial charge >= 0.3 is 5.97 Å². The molecule has 5 aliphatic carbocycles. The van der Waals surface area contributed by atoms with Crippen LogP contribution in [0, 0.1) is 50.7 Å². The molecule has 258 valence electrons. The van der Waals surface area contributed by atoms with E-state index in [0.717, 1.165) is 51.4 Å². The van der Waals surface area contributed by atoms with Crippen LogP contribution in [-0.2, 0) is 23.7 Å². The Morgan fingerprint density at radius 2 is 1.79 bits per heavy atom. The quantitative estimate of drug-likeness (QED) is 0.260. The zero-order valence-electron chi connectivity index (χ0n) is 29.3. The third-order valence-corrected chi connectivity index (χ3v) is 16.1. The Balaban J connectivity index is 1.09. The van der Waals surface area contributed by atoms with E-state index in [1.165, 1.54) is 18.2 Å². The number of aliphatic hydroxyl groups is 2. The van der Waals surface area contributed by atoms with Crippen LogP contribution in [0.2, 0.25) is 0 Å². The van der Waals surface area contributed by atoms with E-state index in [0.29, 0.717) is 31.3 Å². The molecule has 0 amide bonds. The summed E-state index contributed by atoms with van der Waals surface area (Å²) < 4.78 is 24.2. The SMILES string of the molecule is COC(=O)C(C[C@]1(OC)CC(C)(O)CO1)[C@@H]1CC[C@]23C[C@]12CC[C@@H]1[C@@]2(C)CC=C4C[C@@H](c5ccccc5)OC[C@]4(C)[C@@H]2C[C@@H](O)[C@]13C. The molecule has 4 saturated carbocycles. The zero-order valence-corrected chi connectivity index (χ0v) is 29.3. The molecule has 1 aromatic carbocycles. The standard InChI is InChI=1S/C40H56O7/c1-34(43)21-40(45-6,47-23-34)20-27(33(42)44-5)28-13-17-39-22-38(28,39)16-14-30-35(2)15-12-26-18-29(25-10-8-7-9-11-25)46-24-36(26,3)31(35)19-32(41)37(30,39)4/h7-12,27-32,41,43H,13-24H2,1-6H3/t27?,28-,29-,30+,31+,32+,34?,35+,36-,37-,38+,39+,40+/m0/s1. The summed E-state index contributed by atoms with van der Waals surface area (Å²) in [6.45, 7) is 10.0. The fourth-order valence-corrected chi connectivity index (χ4v) is 13.9. The van der Waals surface area contributed by atoms with Crippen molar-refractivity contribution in [1.82, 2.24) is 0 Å². The maximum Gasteiger partial charge on any atom is 0.309 e. The first-order valence-corrected chi connectivity index (χ1v) is 18.3. The van der Waals surface area contributed by atoms with Gasteiger partial charge in [-0.3, -0.25) is 4.79 Å². The van der Waals surface area contributed by atoms with Gasteiger partial charge in [0.1, 0.15) is 0 Å². The zero-order chi connectivity index (χ0) is 33.3. The van der Waals surface area contributed by atoms with E-state index in [-0.39, 0.29) is 57.6 Å². The maximum atomic E-state index is 13.6. The lowest BCUT2D eigenvalue weighted by Gasteiger charge is -2.68. The van der Waals surface area contributed by atoms with Gasteiger partial charge in [0.25, 0.3) is 0 Å². The van der Waals surface area contributed by atoms with Crippen molar-refractivity contribution in [3.63, 3.8) is 0 Å². The summed E-state index contributed by atoms with van der Waals surface area (Å²) >= 11 is 0. The van der Waals surface area contributed by atoms with E-state index in [9.17, 15) is 15.0 Å². The van der Waals surface area contributed by atoms with Crippen LogP contribution in [0.25, 0.3) is 0 Å². The van der Waals surface area contributed by atoms with Crippen molar-refractivity contribution in [2.45, 2.75) is 115 Å². The van der Waals surface area contributed by atoms with Crippen LogP contribution < -0.4 is 0 Å². The normalized spacial score (nSPS) is 51.8. The molecule has 7 nitrogen and oxygen atoms in total. The second kappa shape index (κ2) is 10.4. The highest BCUT2D eigenvalue weighted by molar-refractivity contribution is 5.73. The van der Waals surface area contributed by atoms with Gasteiger partial charge in [-0.15, -0.1) is 0 Å². The topological polar surface area (TPSA) is 94.5 Å². The van der Waals surface area contributed by atoms with E-state index in [1.807, 2.05) is 0 Å². The van der Waals surface area contributed by atoms with Gasteiger partial charge in [0, 0.05) is 30.8 Å². The Hall–Kier alpha value is -1.77. The first-order chi connectivity index (χ1) is 22.2. The Kier molecular flexibility index (Phi) is 7.16. The Bertz CT molecular complexity index is 1460. The fourth-order valence-electron chi connectivity index (χ4n) is 13.9. The molecule has 47 heavy (non-hydrogen) atoms. The van der Waals surface area contributed by atoms with Crippen molar-refractivity contribution in [1.29, 1.82) is 0 Å². The third kappa shape index (κ3) is 4.19. The molecule has 7 aliphatic rings. The first kappa shape index (κ1) is 32.4. The van der Waals surface area contributed by atoms with Gasteiger partial charge in [0.2, 0.25) is 0 Å². The van der Waals surface area contributed by atoms with Gasteiger partial charge in [0.15, 0.2) is 5.79 Å². The molecule has 13 atom stereocenters. The van der Waals surface area contributed by atoms with Gasteiger partial charge in [0.05, 0.1) is 44.1 Å². The van der Waals surface area contributed by atoms with Crippen LogP contribution >= 0.6 is 0 Å². The Morgan fingerprint density at radius 1 is 1.02 bits per heavy atom. The second-order valence-electron chi connectivity index (χ2n) is 17.9. The molecular formula is C40H56O7. The number of allylic oxidation sites excluding steroid dienone is 1. The van der Waals surface area contributed by atoms with Crippen molar-refractivity contribution in [2.24, 2.45) is 50.7 Å². The second-order valence-corrected chi connectivity index (χ2v) is 17.9. The number of hydrogen-bond acceptors (Lipinski definition) is 7. The number of esters is 1. The van der Waals surface area contributed by atoms with E-state index in [4.69, 9.17) is 18.9 Å². The van der Waals surface area contributed by atoms with Gasteiger partial charge in [-0.1, -0.05) is 62.8 Å². The Morgan fingerprint density at radius 3 is 2.47 bits per heavy atom. The van der Waals surface area contributed by atoms with Crippen LogP contribution in [0.5, 0.6) is 0 Å². The predicted octanol–water partition coefficient (Wildman–Crippen LogP) is 6.77. The molecule has 1 aromatic rings. The summed E-state index contributed by atoms with van der Waals surface area (Å²) in [5.41, 5.74) is 1.57. The third-order valence-electron chi connectivity index (χ3n) is 16.1. The van der Waals surface area contributed by atoms with Gasteiger partial charge in [-0.2, -0.15) is 0 Å². The van der Waals surface area contributed by atoms with E-state index in [1.54, 1.807) is 14.0 Å². The van der Waals surface area contributed by atoms with Crippen molar-refractivity contribution in [3.05, 3.63) is 47.5 Å². The highest BCUT2D eigenvalue weighted by Crippen LogP contribution is 2.91. The molecule has 8 rings (SSSR count). The number of methoxy groups -OCH3 is 2. The largest absolute Gasteiger partial charge is 0.469 e. The monoisotopic (exact) mass is 648 g/mol. The molecular weight excluding hydrogens is 592 g/mol. The molecule has 7 heteroatoms. The van der Waals surface area contributed by atoms with Crippen molar-refractivity contribution in [2.75, 3.05) is 27.4 Å². The molecule has 2 saturated heterocycles. The van der Waals surface area contributed by atoms with Crippen molar-refractivity contribution < 1.29 is 34.0 Å². The van der Waals surface area contributed by atoms with Crippen LogP contribution in [0.4, 0.5) is 0 Å². The molecule has 0 bridgehead atoms. The lowest BCUT2D eigenvalue weighted by molar-refractivity contribution is -0.227. The summed E-state index contributed by atoms with van der Waals surface area (Å²) in [5.74, 6) is -0.687. The minimum absolute atomic E-state index is 0.00770. The van der Waals surface area contributed by atoms with Crippen LogP contribution in [-0.4, -0.2) is 61.1 Å². The molecule has 2 aliphatic heterocycles. The summed E-state index contributed by atoms with van der Waals surface area (Å²) in [6, 6.07) is 10.6. The fraction of sp³-hybridized carbons (Fsp3) is 0.775.